The number of hydrogen-bond acceptors (Lipinski definition) is 3. The van der Waals surface area contributed by atoms with Crippen LogP contribution in [0, 0.1) is 0 Å². The topological polar surface area (TPSA) is 70.5 Å². The van der Waals surface area contributed by atoms with Crippen LogP contribution in [-0.2, 0) is 4.79 Å². The number of amides is 1. The van der Waals surface area contributed by atoms with Crippen molar-refractivity contribution in [3.8, 4) is 0 Å². The van der Waals surface area contributed by atoms with E-state index >= 15 is 0 Å². The standard InChI is InChI=1S/C13H18N2O3/c1-3-4-5-6-12(16)15(2)11-8-7-10(9-14-11)13(17)18/h7-9H,3-6H2,1-2H3,(H,17,18). The second-order valence-electron chi connectivity index (χ2n) is 4.12. The molecule has 98 valence electrons. The first-order chi connectivity index (χ1) is 8.56. The number of unbranched alkanes of at least 4 members (excludes halogenated alkanes) is 2. The second-order valence-corrected chi connectivity index (χ2v) is 4.12. The van der Waals surface area contributed by atoms with Crippen molar-refractivity contribution in [2.45, 2.75) is 32.6 Å². The highest BCUT2D eigenvalue weighted by Gasteiger charge is 2.12. The van der Waals surface area contributed by atoms with Crippen LogP contribution in [0.3, 0.4) is 0 Å². The van der Waals surface area contributed by atoms with E-state index in [1.165, 1.54) is 17.2 Å². The fourth-order valence-corrected chi connectivity index (χ4v) is 1.53. The molecule has 5 heteroatoms. The number of carboxylic acids is 1. The van der Waals surface area contributed by atoms with E-state index in [2.05, 4.69) is 11.9 Å². The lowest BCUT2D eigenvalue weighted by atomic mass is 10.2. The van der Waals surface area contributed by atoms with Gasteiger partial charge in [-0.2, -0.15) is 0 Å². The maximum atomic E-state index is 11.8. The molecule has 0 radical (unpaired) electrons. The van der Waals surface area contributed by atoms with Gasteiger partial charge in [0.1, 0.15) is 5.82 Å². The molecule has 1 N–H and O–H groups in total. The molecule has 0 aliphatic heterocycles. The largest absolute Gasteiger partial charge is 0.478 e. The van der Waals surface area contributed by atoms with Gasteiger partial charge in [0.05, 0.1) is 5.56 Å². The van der Waals surface area contributed by atoms with Gasteiger partial charge in [0.2, 0.25) is 5.91 Å². The van der Waals surface area contributed by atoms with E-state index in [-0.39, 0.29) is 11.5 Å². The van der Waals surface area contributed by atoms with Gasteiger partial charge in [-0.1, -0.05) is 19.8 Å². The predicted octanol–water partition coefficient (Wildman–Crippen LogP) is 2.32. The summed E-state index contributed by atoms with van der Waals surface area (Å²) in [5.41, 5.74) is 0.116. The summed E-state index contributed by atoms with van der Waals surface area (Å²) in [6.45, 7) is 2.08. The number of aromatic carboxylic acids is 1. The van der Waals surface area contributed by atoms with Crippen molar-refractivity contribution in [1.82, 2.24) is 4.98 Å². The van der Waals surface area contributed by atoms with Crippen molar-refractivity contribution in [3.05, 3.63) is 23.9 Å². The van der Waals surface area contributed by atoms with Crippen LogP contribution >= 0.6 is 0 Å². The summed E-state index contributed by atoms with van der Waals surface area (Å²) in [7, 11) is 1.65. The Morgan fingerprint density at radius 3 is 2.56 bits per heavy atom. The van der Waals surface area contributed by atoms with Gasteiger partial charge in [-0.25, -0.2) is 9.78 Å². The zero-order valence-corrected chi connectivity index (χ0v) is 10.7. The van der Waals surface area contributed by atoms with Crippen molar-refractivity contribution in [3.63, 3.8) is 0 Å². The molecule has 18 heavy (non-hydrogen) atoms. The number of pyridine rings is 1. The van der Waals surface area contributed by atoms with Crippen LogP contribution in [0.2, 0.25) is 0 Å². The van der Waals surface area contributed by atoms with E-state index < -0.39 is 5.97 Å². The molecule has 0 atom stereocenters. The van der Waals surface area contributed by atoms with Crippen LogP contribution in [0.15, 0.2) is 18.3 Å². The highest BCUT2D eigenvalue weighted by atomic mass is 16.4. The molecule has 0 aromatic carbocycles. The quantitative estimate of drug-likeness (QED) is 0.786. The molecule has 5 nitrogen and oxygen atoms in total. The summed E-state index contributed by atoms with van der Waals surface area (Å²) >= 11 is 0. The first kappa shape index (κ1) is 14.2. The second kappa shape index (κ2) is 6.74. The van der Waals surface area contributed by atoms with Gasteiger partial charge < -0.3 is 5.11 Å². The lowest BCUT2D eigenvalue weighted by molar-refractivity contribution is -0.118. The predicted molar refractivity (Wildman–Crippen MR) is 68.7 cm³/mol. The molecule has 1 aromatic heterocycles. The number of nitrogens with zero attached hydrogens (tertiary/aromatic N) is 2. The first-order valence-corrected chi connectivity index (χ1v) is 6.02. The van der Waals surface area contributed by atoms with Crippen LogP contribution in [0.4, 0.5) is 5.82 Å². The summed E-state index contributed by atoms with van der Waals surface area (Å²) in [4.78, 5) is 27.9. The summed E-state index contributed by atoms with van der Waals surface area (Å²) in [5.74, 6) is -0.550. The van der Waals surface area contributed by atoms with Crippen molar-refractivity contribution in [2.75, 3.05) is 11.9 Å². The van der Waals surface area contributed by atoms with Gasteiger partial charge in [-0.05, 0) is 18.6 Å². The smallest absolute Gasteiger partial charge is 0.337 e. The molecule has 0 saturated carbocycles. The average molecular weight is 250 g/mol. The van der Waals surface area contributed by atoms with E-state index in [9.17, 15) is 9.59 Å². The maximum Gasteiger partial charge on any atom is 0.337 e. The molecule has 0 spiro atoms. The van der Waals surface area contributed by atoms with E-state index in [1.807, 2.05) is 0 Å². The van der Waals surface area contributed by atoms with Crippen LogP contribution < -0.4 is 4.90 Å². The van der Waals surface area contributed by atoms with Gasteiger partial charge in [0, 0.05) is 19.7 Å². The molecule has 0 unspecified atom stereocenters. The van der Waals surface area contributed by atoms with Crippen molar-refractivity contribution >= 4 is 17.7 Å². The molecule has 1 heterocycles. The minimum atomic E-state index is -1.02. The van der Waals surface area contributed by atoms with Crippen LogP contribution in [0.25, 0.3) is 0 Å². The third kappa shape index (κ3) is 3.84. The molecule has 0 bridgehead atoms. The van der Waals surface area contributed by atoms with Gasteiger partial charge in [-0.3, -0.25) is 9.69 Å². The van der Waals surface area contributed by atoms with E-state index in [0.29, 0.717) is 12.2 Å². The van der Waals surface area contributed by atoms with Crippen LogP contribution in [0.5, 0.6) is 0 Å². The third-order valence-electron chi connectivity index (χ3n) is 2.71. The first-order valence-electron chi connectivity index (χ1n) is 6.02. The summed E-state index contributed by atoms with van der Waals surface area (Å²) in [6.07, 6.45) is 4.72. The summed E-state index contributed by atoms with van der Waals surface area (Å²) in [6, 6.07) is 2.99. The molecular weight excluding hydrogens is 232 g/mol. The lowest BCUT2D eigenvalue weighted by Gasteiger charge is -2.16. The average Bonchev–Trinajstić information content (AvgIpc) is 2.38. The Bertz CT molecular complexity index is 415. The van der Waals surface area contributed by atoms with Crippen molar-refractivity contribution in [1.29, 1.82) is 0 Å². The fourth-order valence-electron chi connectivity index (χ4n) is 1.53. The molecule has 1 rings (SSSR count). The number of rotatable bonds is 6. The maximum absolute atomic E-state index is 11.8. The number of carbonyl (C=O) groups excluding carboxylic acids is 1. The molecule has 1 amide bonds. The van der Waals surface area contributed by atoms with E-state index in [0.717, 1.165) is 19.3 Å². The molecule has 0 aliphatic rings. The number of carboxylic acid groups (broad SMARTS) is 1. The zero-order chi connectivity index (χ0) is 13.5. The van der Waals surface area contributed by atoms with E-state index in [4.69, 9.17) is 5.11 Å². The minimum absolute atomic E-state index is 0.000903. The third-order valence-corrected chi connectivity index (χ3v) is 2.71. The highest BCUT2D eigenvalue weighted by Crippen LogP contribution is 2.12. The zero-order valence-electron chi connectivity index (χ0n) is 10.7. The number of aromatic nitrogens is 1. The van der Waals surface area contributed by atoms with Gasteiger partial charge in [0.15, 0.2) is 0 Å². The normalized spacial score (nSPS) is 10.1. The Morgan fingerprint density at radius 2 is 2.06 bits per heavy atom. The Balaban J connectivity index is 2.63. The number of carbonyl (C=O) groups is 2. The van der Waals surface area contributed by atoms with E-state index in [1.54, 1.807) is 13.1 Å². The number of hydrogen-bond donors (Lipinski definition) is 1. The molecule has 0 saturated heterocycles. The molecule has 0 fully saturated rings. The Kier molecular flexibility index (Phi) is 5.30. The Labute approximate surface area is 106 Å². The van der Waals surface area contributed by atoms with Crippen molar-refractivity contribution < 1.29 is 14.7 Å². The highest BCUT2D eigenvalue weighted by molar-refractivity contribution is 5.92. The SMILES string of the molecule is CCCCCC(=O)N(C)c1ccc(C(=O)O)cn1. The van der Waals surface area contributed by atoms with Gasteiger partial charge in [0.25, 0.3) is 0 Å². The minimum Gasteiger partial charge on any atom is -0.478 e. The van der Waals surface area contributed by atoms with Gasteiger partial charge >= 0.3 is 5.97 Å². The molecule has 1 aromatic rings. The summed E-state index contributed by atoms with van der Waals surface area (Å²) in [5, 5.41) is 8.75. The molecule has 0 aliphatic carbocycles. The lowest BCUT2D eigenvalue weighted by Crippen LogP contribution is -2.26. The fraction of sp³-hybridized carbons (Fsp3) is 0.462. The monoisotopic (exact) mass is 250 g/mol. The van der Waals surface area contributed by atoms with Crippen LogP contribution in [-0.4, -0.2) is 29.0 Å². The molecular formula is C13H18N2O3. The van der Waals surface area contributed by atoms with Crippen LogP contribution in [0.1, 0.15) is 43.0 Å². The summed E-state index contributed by atoms with van der Waals surface area (Å²) < 4.78 is 0. The van der Waals surface area contributed by atoms with Gasteiger partial charge in [-0.15, -0.1) is 0 Å². The Hall–Kier alpha value is -1.91. The van der Waals surface area contributed by atoms with Crippen molar-refractivity contribution in [2.24, 2.45) is 0 Å². The Morgan fingerprint density at radius 1 is 1.33 bits per heavy atom. The number of anilines is 1.